The van der Waals surface area contributed by atoms with Gasteiger partial charge >= 0.3 is 5.97 Å². The second-order valence-corrected chi connectivity index (χ2v) is 4.89. The van der Waals surface area contributed by atoms with Crippen molar-refractivity contribution in [2.45, 2.75) is 19.1 Å². The smallest absolute Gasteiger partial charge is 0.323 e. The van der Waals surface area contributed by atoms with E-state index in [1.165, 1.54) is 4.88 Å². The number of morpholine rings is 1. The molecule has 1 fully saturated rings. The van der Waals surface area contributed by atoms with E-state index in [2.05, 4.69) is 5.32 Å². The zero-order chi connectivity index (χ0) is 10.8. The lowest BCUT2D eigenvalue weighted by molar-refractivity contribution is -0.144. The van der Waals surface area contributed by atoms with Crippen LogP contribution in [0.1, 0.15) is 15.9 Å². The van der Waals surface area contributed by atoms with Gasteiger partial charge in [0.2, 0.25) is 0 Å². The molecule has 2 unspecified atom stereocenters. The average Bonchev–Trinajstić information content (AvgIpc) is 2.65. The Morgan fingerprint density at radius 2 is 2.47 bits per heavy atom. The standard InChI is InChI=1S/C10H13NO3S/c1-6-2-3-9(15-6)8-4-11-7(5-14-8)10(12)13/h2-3,7-8,11H,4-5H2,1H3,(H,12,13). The summed E-state index contributed by atoms with van der Waals surface area (Å²) in [5.74, 6) is -0.851. The van der Waals surface area contributed by atoms with Gasteiger partial charge in [0.25, 0.3) is 0 Å². The number of carboxylic acid groups (broad SMARTS) is 1. The quantitative estimate of drug-likeness (QED) is 0.796. The van der Waals surface area contributed by atoms with Gasteiger partial charge in [0, 0.05) is 16.3 Å². The van der Waals surface area contributed by atoms with Crippen LogP contribution in [-0.4, -0.2) is 30.3 Å². The van der Waals surface area contributed by atoms with E-state index < -0.39 is 12.0 Å². The Bertz CT molecular complexity index is 355. The Labute approximate surface area is 91.9 Å². The minimum absolute atomic E-state index is 0.000648. The highest BCUT2D eigenvalue weighted by molar-refractivity contribution is 7.12. The minimum Gasteiger partial charge on any atom is -0.480 e. The molecule has 1 aliphatic heterocycles. The van der Waals surface area contributed by atoms with Crippen LogP contribution in [0, 0.1) is 6.92 Å². The van der Waals surface area contributed by atoms with E-state index in [0.717, 1.165) is 4.88 Å². The maximum absolute atomic E-state index is 10.7. The maximum atomic E-state index is 10.7. The first kappa shape index (κ1) is 10.6. The van der Waals surface area contributed by atoms with Gasteiger partial charge in [-0.1, -0.05) is 0 Å². The van der Waals surface area contributed by atoms with Crippen molar-refractivity contribution in [3.05, 3.63) is 21.9 Å². The molecule has 0 spiro atoms. The van der Waals surface area contributed by atoms with Crippen molar-refractivity contribution >= 4 is 17.3 Å². The highest BCUT2D eigenvalue weighted by atomic mass is 32.1. The fourth-order valence-electron chi connectivity index (χ4n) is 1.55. The van der Waals surface area contributed by atoms with Crippen LogP contribution >= 0.6 is 11.3 Å². The number of aliphatic carboxylic acids is 1. The van der Waals surface area contributed by atoms with Crippen molar-refractivity contribution in [2.24, 2.45) is 0 Å². The Kier molecular flexibility index (Phi) is 3.04. The van der Waals surface area contributed by atoms with Gasteiger partial charge in [-0.15, -0.1) is 11.3 Å². The number of carbonyl (C=O) groups is 1. The van der Waals surface area contributed by atoms with Crippen LogP contribution in [0.3, 0.4) is 0 Å². The number of hydrogen-bond donors (Lipinski definition) is 2. The van der Waals surface area contributed by atoms with Gasteiger partial charge in [0.05, 0.1) is 6.61 Å². The zero-order valence-electron chi connectivity index (χ0n) is 8.40. The van der Waals surface area contributed by atoms with E-state index in [1.54, 1.807) is 11.3 Å². The van der Waals surface area contributed by atoms with Crippen LogP contribution in [0.15, 0.2) is 12.1 Å². The molecule has 0 saturated carbocycles. The number of rotatable bonds is 2. The molecule has 4 nitrogen and oxygen atoms in total. The van der Waals surface area contributed by atoms with E-state index >= 15 is 0 Å². The van der Waals surface area contributed by atoms with Crippen molar-refractivity contribution in [1.82, 2.24) is 5.32 Å². The number of carboxylic acids is 1. The Morgan fingerprint density at radius 3 is 2.93 bits per heavy atom. The van der Waals surface area contributed by atoms with Gasteiger partial charge in [-0.2, -0.15) is 0 Å². The van der Waals surface area contributed by atoms with Crippen LogP contribution in [0.2, 0.25) is 0 Å². The molecule has 2 N–H and O–H groups in total. The summed E-state index contributed by atoms with van der Waals surface area (Å²) in [5.41, 5.74) is 0. The molecule has 1 aromatic heterocycles. The van der Waals surface area contributed by atoms with Crippen LogP contribution < -0.4 is 5.32 Å². The zero-order valence-corrected chi connectivity index (χ0v) is 9.21. The Morgan fingerprint density at radius 1 is 1.67 bits per heavy atom. The lowest BCUT2D eigenvalue weighted by atomic mass is 10.2. The average molecular weight is 227 g/mol. The second kappa shape index (κ2) is 4.30. The third kappa shape index (κ3) is 2.37. The number of thiophene rings is 1. The van der Waals surface area contributed by atoms with E-state index in [0.29, 0.717) is 6.54 Å². The summed E-state index contributed by atoms with van der Waals surface area (Å²) in [5, 5.41) is 11.7. The predicted octanol–water partition coefficient (Wildman–Crippen LogP) is 1.17. The van der Waals surface area contributed by atoms with Crippen molar-refractivity contribution in [2.75, 3.05) is 13.2 Å². The Balaban J connectivity index is 1.96. The van der Waals surface area contributed by atoms with Crippen molar-refractivity contribution in [3.63, 3.8) is 0 Å². The largest absolute Gasteiger partial charge is 0.480 e. The normalized spacial score (nSPS) is 26.5. The second-order valence-electron chi connectivity index (χ2n) is 3.57. The van der Waals surface area contributed by atoms with Crippen LogP contribution in [0.25, 0.3) is 0 Å². The highest BCUT2D eigenvalue weighted by Crippen LogP contribution is 2.26. The molecular formula is C10H13NO3S. The molecule has 0 amide bonds. The van der Waals surface area contributed by atoms with E-state index in [9.17, 15) is 4.79 Å². The van der Waals surface area contributed by atoms with Gasteiger partial charge < -0.3 is 9.84 Å². The molecule has 0 bridgehead atoms. The fraction of sp³-hybridized carbons (Fsp3) is 0.500. The van der Waals surface area contributed by atoms with Crippen LogP contribution in [0.4, 0.5) is 0 Å². The summed E-state index contributed by atoms with van der Waals surface area (Å²) < 4.78 is 5.52. The van der Waals surface area contributed by atoms with E-state index in [1.807, 2.05) is 19.1 Å². The lowest BCUT2D eigenvalue weighted by Gasteiger charge is -2.27. The minimum atomic E-state index is -0.851. The number of aryl methyl sites for hydroxylation is 1. The molecule has 1 aromatic rings. The monoisotopic (exact) mass is 227 g/mol. The van der Waals surface area contributed by atoms with E-state index in [-0.39, 0.29) is 12.7 Å². The summed E-state index contributed by atoms with van der Waals surface area (Å²) in [6, 6.07) is 3.52. The van der Waals surface area contributed by atoms with Crippen molar-refractivity contribution in [1.29, 1.82) is 0 Å². The van der Waals surface area contributed by atoms with Gasteiger partial charge in [-0.25, -0.2) is 0 Å². The van der Waals surface area contributed by atoms with Gasteiger partial charge in [0.15, 0.2) is 0 Å². The number of nitrogens with one attached hydrogen (secondary N) is 1. The predicted molar refractivity (Wildman–Crippen MR) is 57.2 cm³/mol. The number of hydrogen-bond acceptors (Lipinski definition) is 4. The summed E-state index contributed by atoms with van der Waals surface area (Å²) in [7, 11) is 0. The van der Waals surface area contributed by atoms with Gasteiger partial charge in [0.1, 0.15) is 12.1 Å². The number of ether oxygens (including phenoxy) is 1. The molecule has 0 radical (unpaired) electrons. The molecule has 2 heterocycles. The van der Waals surface area contributed by atoms with Crippen molar-refractivity contribution < 1.29 is 14.6 Å². The van der Waals surface area contributed by atoms with Gasteiger partial charge in [-0.05, 0) is 19.1 Å². The molecule has 2 atom stereocenters. The SMILES string of the molecule is Cc1ccc(C2CNC(C(=O)O)CO2)s1. The first-order valence-electron chi connectivity index (χ1n) is 4.81. The van der Waals surface area contributed by atoms with Crippen molar-refractivity contribution in [3.8, 4) is 0 Å². The van der Waals surface area contributed by atoms with Crippen LogP contribution in [0.5, 0.6) is 0 Å². The summed E-state index contributed by atoms with van der Waals surface area (Å²) in [6.07, 6.45) is -0.000648. The first-order valence-corrected chi connectivity index (χ1v) is 5.62. The molecule has 0 aromatic carbocycles. The highest BCUT2D eigenvalue weighted by Gasteiger charge is 2.27. The molecule has 2 rings (SSSR count). The maximum Gasteiger partial charge on any atom is 0.323 e. The fourth-order valence-corrected chi connectivity index (χ4v) is 2.47. The molecule has 0 aliphatic carbocycles. The third-order valence-electron chi connectivity index (χ3n) is 2.39. The molecular weight excluding hydrogens is 214 g/mol. The molecule has 82 valence electrons. The molecule has 5 heteroatoms. The third-order valence-corrected chi connectivity index (χ3v) is 3.48. The molecule has 1 saturated heterocycles. The lowest BCUT2D eigenvalue weighted by Crippen LogP contribution is -2.47. The first-order chi connectivity index (χ1) is 7.16. The van der Waals surface area contributed by atoms with Gasteiger partial charge in [-0.3, -0.25) is 10.1 Å². The summed E-state index contributed by atoms with van der Waals surface area (Å²) in [4.78, 5) is 13.1. The summed E-state index contributed by atoms with van der Waals surface area (Å²) in [6.45, 7) is 2.85. The topological polar surface area (TPSA) is 58.6 Å². The summed E-state index contributed by atoms with van der Waals surface area (Å²) >= 11 is 1.69. The molecule has 1 aliphatic rings. The molecule has 15 heavy (non-hydrogen) atoms. The van der Waals surface area contributed by atoms with E-state index in [4.69, 9.17) is 9.84 Å². The Hall–Kier alpha value is -0.910. The van der Waals surface area contributed by atoms with Crippen LogP contribution in [-0.2, 0) is 9.53 Å².